The van der Waals surface area contributed by atoms with Gasteiger partial charge in [0.05, 0.1) is 0 Å². The molecular weight excluding hydrogens is 228 g/mol. The lowest BCUT2D eigenvalue weighted by Gasteiger charge is -2.00. The van der Waals surface area contributed by atoms with Gasteiger partial charge < -0.3 is 15.2 Å². The molecule has 0 unspecified atom stereocenters. The highest BCUT2D eigenvalue weighted by molar-refractivity contribution is 5.97. The maximum absolute atomic E-state index is 10.0. The summed E-state index contributed by atoms with van der Waals surface area (Å²) in [4.78, 5) is 3.17. The van der Waals surface area contributed by atoms with E-state index in [9.17, 15) is 10.2 Å². The Labute approximate surface area is 104 Å². The maximum atomic E-state index is 10.0. The lowest BCUT2D eigenvalue weighted by atomic mass is 10.1. The van der Waals surface area contributed by atoms with Crippen LogP contribution < -0.4 is 0 Å². The summed E-state index contributed by atoms with van der Waals surface area (Å²) in [5.74, 6) is 0.111. The van der Waals surface area contributed by atoms with Crippen molar-refractivity contribution in [1.82, 2.24) is 9.55 Å². The zero-order valence-electron chi connectivity index (χ0n) is 10.2. The molecule has 3 rings (SSSR count). The van der Waals surface area contributed by atoms with Crippen LogP contribution in [0, 0.1) is 6.92 Å². The summed E-state index contributed by atoms with van der Waals surface area (Å²) in [6, 6.07) is 7.67. The molecule has 0 fully saturated rings. The molecule has 0 aliphatic rings. The molecule has 0 amide bonds. The van der Waals surface area contributed by atoms with E-state index >= 15 is 0 Å². The maximum Gasteiger partial charge on any atom is 0.201 e. The van der Waals surface area contributed by atoms with Gasteiger partial charge >= 0.3 is 0 Å². The van der Waals surface area contributed by atoms with Crippen molar-refractivity contribution in [2.24, 2.45) is 7.05 Å². The van der Waals surface area contributed by atoms with E-state index in [0.717, 1.165) is 22.0 Å². The number of hydrogen-bond donors (Lipinski definition) is 3. The van der Waals surface area contributed by atoms with Crippen molar-refractivity contribution in [3.05, 3.63) is 36.0 Å². The molecule has 0 saturated carbocycles. The van der Waals surface area contributed by atoms with E-state index in [0.29, 0.717) is 5.56 Å². The van der Waals surface area contributed by atoms with E-state index in [1.165, 1.54) is 4.57 Å². The van der Waals surface area contributed by atoms with Crippen molar-refractivity contribution in [3.8, 4) is 22.9 Å². The minimum Gasteiger partial charge on any atom is -0.494 e. The quantitative estimate of drug-likeness (QED) is 0.614. The molecule has 0 spiro atoms. The number of aromatic hydroxyl groups is 2. The van der Waals surface area contributed by atoms with E-state index in [1.807, 2.05) is 25.3 Å². The third-order valence-corrected chi connectivity index (χ3v) is 3.30. The highest BCUT2D eigenvalue weighted by atomic mass is 16.3. The van der Waals surface area contributed by atoms with Gasteiger partial charge in [0.2, 0.25) is 5.88 Å². The van der Waals surface area contributed by atoms with Crippen molar-refractivity contribution in [2.45, 2.75) is 6.92 Å². The third-order valence-electron chi connectivity index (χ3n) is 3.30. The molecule has 4 heteroatoms. The Bertz CT molecular complexity index is 738. The number of aromatic amines is 1. The van der Waals surface area contributed by atoms with Crippen LogP contribution in [0.4, 0.5) is 0 Å². The first-order chi connectivity index (χ1) is 8.58. The lowest BCUT2D eigenvalue weighted by molar-refractivity contribution is 0.387. The molecule has 1 aromatic carbocycles. The highest BCUT2D eigenvalue weighted by Gasteiger charge is 2.15. The van der Waals surface area contributed by atoms with Crippen LogP contribution in [0.25, 0.3) is 22.0 Å². The van der Waals surface area contributed by atoms with Crippen LogP contribution >= 0.6 is 0 Å². The van der Waals surface area contributed by atoms with Gasteiger partial charge in [-0.05, 0) is 19.1 Å². The summed E-state index contributed by atoms with van der Waals surface area (Å²) in [5, 5.41) is 20.7. The molecule has 4 nitrogen and oxygen atoms in total. The first kappa shape index (κ1) is 10.8. The second kappa shape index (κ2) is 3.57. The molecule has 2 aromatic heterocycles. The van der Waals surface area contributed by atoms with Crippen LogP contribution in [-0.4, -0.2) is 19.8 Å². The van der Waals surface area contributed by atoms with Crippen LogP contribution in [0.15, 0.2) is 30.5 Å². The molecular formula is C14H14N2O2. The Hall–Kier alpha value is -2.36. The average Bonchev–Trinajstić information content (AvgIpc) is 2.86. The van der Waals surface area contributed by atoms with Crippen LogP contribution in [0.2, 0.25) is 0 Å². The fourth-order valence-electron chi connectivity index (χ4n) is 2.24. The van der Waals surface area contributed by atoms with Gasteiger partial charge in [-0.1, -0.05) is 11.6 Å². The molecule has 0 aliphatic carbocycles. The number of H-pyrrole nitrogens is 1. The van der Waals surface area contributed by atoms with Gasteiger partial charge in [-0.3, -0.25) is 4.57 Å². The second-order valence-corrected chi connectivity index (χ2v) is 4.55. The Morgan fingerprint density at radius 1 is 1.11 bits per heavy atom. The van der Waals surface area contributed by atoms with Crippen molar-refractivity contribution in [2.75, 3.05) is 0 Å². The van der Waals surface area contributed by atoms with Crippen LogP contribution in [0.1, 0.15) is 5.56 Å². The Morgan fingerprint density at radius 2 is 1.89 bits per heavy atom. The third kappa shape index (κ3) is 1.39. The van der Waals surface area contributed by atoms with Gasteiger partial charge in [0, 0.05) is 41.3 Å². The molecule has 18 heavy (non-hydrogen) atoms. The van der Waals surface area contributed by atoms with Gasteiger partial charge in [-0.25, -0.2) is 0 Å². The van der Waals surface area contributed by atoms with Crippen LogP contribution in [0.5, 0.6) is 11.8 Å². The number of aromatic nitrogens is 2. The second-order valence-electron chi connectivity index (χ2n) is 4.55. The fourth-order valence-corrected chi connectivity index (χ4v) is 2.24. The normalized spacial score (nSPS) is 11.2. The molecule has 0 radical (unpaired) electrons. The lowest BCUT2D eigenvalue weighted by Crippen LogP contribution is -1.84. The van der Waals surface area contributed by atoms with E-state index in [1.54, 1.807) is 13.1 Å². The van der Waals surface area contributed by atoms with Crippen molar-refractivity contribution < 1.29 is 10.2 Å². The van der Waals surface area contributed by atoms with Gasteiger partial charge in [-0.15, -0.1) is 0 Å². The number of nitrogens with one attached hydrogen (secondary N) is 1. The largest absolute Gasteiger partial charge is 0.494 e. The van der Waals surface area contributed by atoms with Crippen molar-refractivity contribution in [1.29, 1.82) is 0 Å². The topological polar surface area (TPSA) is 61.2 Å². The molecule has 92 valence electrons. The predicted octanol–water partition coefficient (Wildman–Crippen LogP) is 2.89. The molecule has 3 aromatic rings. The summed E-state index contributed by atoms with van der Waals surface area (Å²) in [6.07, 6.45) is 1.85. The van der Waals surface area contributed by atoms with Gasteiger partial charge in [0.25, 0.3) is 0 Å². The average molecular weight is 242 g/mol. The number of fused-ring (bicyclic) bond motifs is 1. The summed E-state index contributed by atoms with van der Waals surface area (Å²) in [7, 11) is 1.62. The van der Waals surface area contributed by atoms with E-state index in [4.69, 9.17) is 0 Å². The Balaban J connectivity index is 2.31. The monoisotopic (exact) mass is 242 g/mol. The molecule has 3 N–H and O–H groups in total. The summed E-state index contributed by atoms with van der Waals surface area (Å²) >= 11 is 0. The summed E-state index contributed by atoms with van der Waals surface area (Å²) in [5.41, 5.74) is 3.69. The molecule has 0 saturated heterocycles. The highest BCUT2D eigenvalue weighted by Crippen LogP contribution is 2.38. The molecule has 0 aliphatic heterocycles. The molecule has 0 atom stereocenters. The number of benzene rings is 1. The number of nitrogens with zero attached hydrogens (tertiary/aromatic N) is 1. The minimum absolute atomic E-state index is 0.0458. The van der Waals surface area contributed by atoms with Gasteiger partial charge in [-0.2, -0.15) is 0 Å². The zero-order chi connectivity index (χ0) is 12.9. The van der Waals surface area contributed by atoms with Gasteiger partial charge in [0.1, 0.15) is 0 Å². The van der Waals surface area contributed by atoms with Crippen molar-refractivity contribution in [3.63, 3.8) is 0 Å². The van der Waals surface area contributed by atoms with Crippen LogP contribution in [0.3, 0.4) is 0 Å². The van der Waals surface area contributed by atoms with E-state index < -0.39 is 0 Å². The number of aryl methyl sites for hydroxylation is 1. The first-order valence-corrected chi connectivity index (χ1v) is 5.73. The SMILES string of the molecule is Cc1ccc2[nH]cc(-c3cc(O)n(C)c3O)c2c1. The molecule has 2 heterocycles. The fraction of sp³-hybridized carbons (Fsp3) is 0.143. The number of hydrogen-bond acceptors (Lipinski definition) is 2. The number of rotatable bonds is 1. The standard InChI is InChI=1S/C14H14N2O2/c1-8-3-4-12-9(5-8)11(7-15-12)10-6-13(17)16(2)14(10)18/h3-7,15,17-18H,1-2H3. The predicted molar refractivity (Wildman–Crippen MR) is 70.8 cm³/mol. The van der Waals surface area contributed by atoms with E-state index in [-0.39, 0.29) is 11.8 Å². The molecule has 0 bridgehead atoms. The minimum atomic E-state index is 0.0458. The first-order valence-electron chi connectivity index (χ1n) is 5.73. The Kier molecular flexibility index (Phi) is 2.13. The summed E-state index contributed by atoms with van der Waals surface area (Å²) in [6.45, 7) is 2.03. The van der Waals surface area contributed by atoms with E-state index in [2.05, 4.69) is 11.1 Å². The van der Waals surface area contributed by atoms with Crippen molar-refractivity contribution >= 4 is 10.9 Å². The van der Waals surface area contributed by atoms with Gasteiger partial charge in [0.15, 0.2) is 5.88 Å². The zero-order valence-corrected chi connectivity index (χ0v) is 10.2. The smallest absolute Gasteiger partial charge is 0.201 e. The summed E-state index contributed by atoms with van der Waals surface area (Å²) < 4.78 is 1.35. The Morgan fingerprint density at radius 3 is 2.56 bits per heavy atom. The van der Waals surface area contributed by atoms with Crippen LogP contribution in [-0.2, 0) is 7.05 Å².